The van der Waals surface area contributed by atoms with Gasteiger partial charge in [0.25, 0.3) is 0 Å². The van der Waals surface area contributed by atoms with Gasteiger partial charge in [0.1, 0.15) is 5.75 Å². The molecule has 0 bridgehead atoms. The van der Waals surface area contributed by atoms with Gasteiger partial charge in [-0.3, -0.25) is 4.79 Å². The predicted octanol–water partition coefficient (Wildman–Crippen LogP) is 2.79. The van der Waals surface area contributed by atoms with Crippen molar-refractivity contribution in [2.24, 2.45) is 5.41 Å². The molecular formula is C14H19BrN2O2. The monoisotopic (exact) mass is 326 g/mol. The number of rotatable bonds is 3. The molecule has 0 radical (unpaired) electrons. The average molecular weight is 327 g/mol. The highest BCUT2D eigenvalue weighted by Gasteiger charge is 2.34. The van der Waals surface area contributed by atoms with Gasteiger partial charge in [-0.2, -0.15) is 0 Å². The summed E-state index contributed by atoms with van der Waals surface area (Å²) in [6, 6.07) is 5.55. The van der Waals surface area contributed by atoms with Crippen LogP contribution < -0.4 is 15.4 Å². The molecule has 1 aromatic rings. The van der Waals surface area contributed by atoms with Gasteiger partial charge < -0.3 is 15.4 Å². The van der Waals surface area contributed by atoms with Gasteiger partial charge in [0.05, 0.1) is 11.6 Å². The van der Waals surface area contributed by atoms with Crippen LogP contribution in [0.5, 0.6) is 5.75 Å². The third-order valence-corrected chi connectivity index (χ3v) is 4.28. The number of carbonyl (C=O) groups is 1. The van der Waals surface area contributed by atoms with Crippen molar-refractivity contribution < 1.29 is 9.53 Å². The standard InChI is InChI=1S/C14H19BrN2O2/c1-14(5-7-16-8-6-14)13(18)17-10-3-4-12(19-2)11(15)9-10/h3-4,9,16H,5-8H2,1-2H3,(H,17,18). The summed E-state index contributed by atoms with van der Waals surface area (Å²) in [6.45, 7) is 3.83. The van der Waals surface area contributed by atoms with E-state index in [-0.39, 0.29) is 11.3 Å². The Labute approximate surface area is 122 Å². The second-order valence-corrected chi connectivity index (χ2v) is 5.97. The molecule has 1 aliphatic rings. The van der Waals surface area contributed by atoms with Gasteiger partial charge in [0, 0.05) is 11.1 Å². The Kier molecular flexibility index (Phi) is 4.47. The summed E-state index contributed by atoms with van der Waals surface area (Å²) in [6.07, 6.45) is 1.74. The number of hydrogen-bond donors (Lipinski definition) is 2. The molecule has 19 heavy (non-hydrogen) atoms. The summed E-state index contributed by atoms with van der Waals surface area (Å²) in [5.74, 6) is 0.845. The third-order valence-electron chi connectivity index (χ3n) is 3.66. The molecule has 2 rings (SSSR count). The van der Waals surface area contributed by atoms with E-state index in [2.05, 4.69) is 26.6 Å². The number of anilines is 1. The zero-order chi connectivity index (χ0) is 13.9. The molecule has 1 saturated heterocycles. The molecule has 1 fully saturated rings. The van der Waals surface area contributed by atoms with Gasteiger partial charge >= 0.3 is 0 Å². The lowest BCUT2D eigenvalue weighted by atomic mass is 9.80. The van der Waals surface area contributed by atoms with Gasteiger partial charge in [-0.1, -0.05) is 6.92 Å². The molecule has 0 aliphatic carbocycles. The number of amides is 1. The van der Waals surface area contributed by atoms with Gasteiger partial charge in [-0.25, -0.2) is 0 Å². The predicted molar refractivity (Wildman–Crippen MR) is 79.5 cm³/mol. The van der Waals surface area contributed by atoms with E-state index in [0.29, 0.717) is 0 Å². The quantitative estimate of drug-likeness (QED) is 0.898. The van der Waals surface area contributed by atoms with Crippen molar-refractivity contribution in [2.75, 3.05) is 25.5 Å². The van der Waals surface area contributed by atoms with Crippen molar-refractivity contribution in [2.45, 2.75) is 19.8 Å². The maximum absolute atomic E-state index is 12.4. The van der Waals surface area contributed by atoms with Gasteiger partial charge in [0.2, 0.25) is 5.91 Å². The topological polar surface area (TPSA) is 50.4 Å². The first kappa shape index (κ1) is 14.3. The first-order chi connectivity index (χ1) is 9.05. The molecule has 0 atom stereocenters. The number of methoxy groups -OCH3 is 1. The van der Waals surface area contributed by atoms with E-state index in [1.54, 1.807) is 7.11 Å². The van der Waals surface area contributed by atoms with E-state index >= 15 is 0 Å². The zero-order valence-corrected chi connectivity index (χ0v) is 12.8. The van der Waals surface area contributed by atoms with Crippen LogP contribution in [0.3, 0.4) is 0 Å². The summed E-state index contributed by atoms with van der Waals surface area (Å²) in [4.78, 5) is 12.4. The van der Waals surface area contributed by atoms with Crippen LogP contribution in [-0.4, -0.2) is 26.1 Å². The highest BCUT2D eigenvalue weighted by molar-refractivity contribution is 9.10. The molecular weight excluding hydrogens is 308 g/mol. The molecule has 2 N–H and O–H groups in total. The fourth-order valence-corrected chi connectivity index (χ4v) is 2.77. The maximum Gasteiger partial charge on any atom is 0.230 e. The number of ether oxygens (including phenoxy) is 1. The Bertz CT molecular complexity index is 471. The minimum atomic E-state index is -0.280. The molecule has 0 saturated carbocycles. The van der Waals surface area contributed by atoms with Crippen molar-refractivity contribution in [3.8, 4) is 5.75 Å². The van der Waals surface area contributed by atoms with Crippen LogP contribution in [0.25, 0.3) is 0 Å². The molecule has 4 nitrogen and oxygen atoms in total. The van der Waals surface area contributed by atoms with Crippen LogP contribution >= 0.6 is 15.9 Å². The summed E-state index contributed by atoms with van der Waals surface area (Å²) in [5.41, 5.74) is 0.509. The number of piperidine rings is 1. The lowest BCUT2D eigenvalue weighted by Gasteiger charge is -2.32. The molecule has 5 heteroatoms. The SMILES string of the molecule is COc1ccc(NC(=O)C2(C)CCNCC2)cc1Br. The Morgan fingerprint density at radius 1 is 1.42 bits per heavy atom. The van der Waals surface area contributed by atoms with Crippen LogP contribution in [0.2, 0.25) is 0 Å². The van der Waals surface area contributed by atoms with E-state index in [0.717, 1.165) is 41.8 Å². The minimum absolute atomic E-state index is 0.0890. The number of carbonyl (C=O) groups excluding carboxylic acids is 1. The van der Waals surface area contributed by atoms with E-state index < -0.39 is 0 Å². The highest BCUT2D eigenvalue weighted by Crippen LogP contribution is 2.31. The average Bonchev–Trinajstić information content (AvgIpc) is 2.40. The van der Waals surface area contributed by atoms with Crippen LogP contribution in [-0.2, 0) is 4.79 Å². The number of hydrogen-bond acceptors (Lipinski definition) is 3. The zero-order valence-electron chi connectivity index (χ0n) is 11.3. The summed E-state index contributed by atoms with van der Waals surface area (Å²) < 4.78 is 6.01. The van der Waals surface area contributed by atoms with Crippen molar-refractivity contribution >= 4 is 27.5 Å². The van der Waals surface area contributed by atoms with E-state index in [1.165, 1.54) is 0 Å². The van der Waals surface area contributed by atoms with E-state index in [4.69, 9.17) is 4.74 Å². The van der Waals surface area contributed by atoms with Crippen LogP contribution in [0.1, 0.15) is 19.8 Å². The van der Waals surface area contributed by atoms with Crippen LogP contribution in [0, 0.1) is 5.41 Å². The highest BCUT2D eigenvalue weighted by atomic mass is 79.9. The molecule has 0 spiro atoms. The van der Waals surface area contributed by atoms with Crippen molar-refractivity contribution in [1.82, 2.24) is 5.32 Å². The summed E-state index contributed by atoms with van der Waals surface area (Å²) >= 11 is 3.42. The lowest BCUT2D eigenvalue weighted by molar-refractivity contribution is -0.126. The maximum atomic E-state index is 12.4. The fraction of sp³-hybridized carbons (Fsp3) is 0.500. The van der Waals surface area contributed by atoms with Crippen LogP contribution in [0.4, 0.5) is 5.69 Å². The lowest BCUT2D eigenvalue weighted by Crippen LogP contribution is -2.42. The van der Waals surface area contributed by atoms with E-state index in [1.807, 2.05) is 25.1 Å². The van der Waals surface area contributed by atoms with Crippen molar-refractivity contribution in [3.05, 3.63) is 22.7 Å². The molecule has 104 valence electrons. The minimum Gasteiger partial charge on any atom is -0.496 e. The smallest absolute Gasteiger partial charge is 0.230 e. The van der Waals surface area contributed by atoms with E-state index in [9.17, 15) is 4.79 Å². The number of halogens is 1. The Morgan fingerprint density at radius 3 is 2.68 bits per heavy atom. The van der Waals surface area contributed by atoms with Gasteiger partial charge in [-0.15, -0.1) is 0 Å². The second-order valence-electron chi connectivity index (χ2n) is 5.11. The van der Waals surface area contributed by atoms with Gasteiger partial charge in [0.15, 0.2) is 0 Å². The van der Waals surface area contributed by atoms with Crippen molar-refractivity contribution in [1.29, 1.82) is 0 Å². The number of nitrogens with one attached hydrogen (secondary N) is 2. The summed E-state index contributed by atoms with van der Waals surface area (Å²) in [7, 11) is 1.62. The Hall–Kier alpha value is -1.07. The largest absolute Gasteiger partial charge is 0.496 e. The Morgan fingerprint density at radius 2 is 2.11 bits per heavy atom. The van der Waals surface area contributed by atoms with Crippen LogP contribution in [0.15, 0.2) is 22.7 Å². The third kappa shape index (κ3) is 3.28. The first-order valence-corrected chi connectivity index (χ1v) is 7.20. The Balaban J connectivity index is 2.08. The van der Waals surface area contributed by atoms with Gasteiger partial charge in [-0.05, 0) is 60.1 Å². The van der Waals surface area contributed by atoms with Crippen molar-refractivity contribution in [3.63, 3.8) is 0 Å². The molecule has 1 aromatic carbocycles. The number of benzene rings is 1. The second kappa shape index (κ2) is 5.92. The molecule has 0 unspecified atom stereocenters. The molecule has 1 amide bonds. The normalized spacial score (nSPS) is 17.8. The first-order valence-electron chi connectivity index (χ1n) is 6.41. The molecule has 0 aromatic heterocycles. The summed E-state index contributed by atoms with van der Waals surface area (Å²) in [5, 5.41) is 6.27. The fourth-order valence-electron chi connectivity index (χ4n) is 2.23. The molecule has 1 heterocycles. The molecule has 1 aliphatic heterocycles.